The van der Waals surface area contributed by atoms with E-state index in [1.54, 1.807) is 6.07 Å². The van der Waals surface area contributed by atoms with Gasteiger partial charge >= 0.3 is 5.97 Å². The van der Waals surface area contributed by atoms with Crippen molar-refractivity contribution in [3.05, 3.63) is 29.8 Å². The summed E-state index contributed by atoms with van der Waals surface area (Å²) in [5.74, 6) is -0.308. The van der Waals surface area contributed by atoms with E-state index in [2.05, 4.69) is 19.2 Å². The fourth-order valence-electron chi connectivity index (χ4n) is 3.03. The molecule has 3 atom stereocenters. The summed E-state index contributed by atoms with van der Waals surface area (Å²) in [4.78, 5) is 11.6. The van der Waals surface area contributed by atoms with Crippen LogP contribution in [-0.4, -0.2) is 31.8 Å². The number of methoxy groups -OCH3 is 1. The summed E-state index contributed by atoms with van der Waals surface area (Å²) in [6.45, 7) is 7.25. The maximum atomic E-state index is 11.6. The molecule has 0 bridgehead atoms. The second-order valence-electron chi connectivity index (χ2n) is 5.81. The van der Waals surface area contributed by atoms with Crippen LogP contribution in [0.1, 0.15) is 44.0 Å². The molecule has 0 heterocycles. The van der Waals surface area contributed by atoms with Gasteiger partial charge in [0.1, 0.15) is 0 Å². The van der Waals surface area contributed by atoms with Gasteiger partial charge in [0.05, 0.1) is 18.8 Å². The van der Waals surface area contributed by atoms with Crippen LogP contribution in [0, 0.1) is 5.41 Å². The number of benzene rings is 1. The van der Waals surface area contributed by atoms with Gasteiger partial charge in [-0.05, 0) is 38.0 Å². The molecule has 0 spiro atoms. The molecule has 1 aliphatic carbocycles. The number of hydrogen-bond acceptors (Lipinski definition) is 4. The van der Waals surface area contributed by atoms with Gasteiger partial charge in [-0.2, -0.15) is 0 Å². The highest BCUT2D eigenvalue weighted by Crippen LogP contribution is 2.47. The molecule has 0 amide bonds. The standard InChI is InChI=1S/C17H25NO3/c1-5-17(3)14(11-15(17)21-6-2)18-13-9-7-8-12(10-13)16(19)20-4/h7-10,14-15,18H,5-6,11H2,1-4H3. The quantitative estimate of drug-likeness (QED) is 0.815. The minimum Gasteiger partial charge on any atom is -0.465 e. The van der Waals surface area contributed by atoms with Crippen molar-refractivity contribution in [1.29, 1.82) is 0 Å². The molecule has 116 valence electrons. The number of rotatable bonds is 6. The van der Waals surface area contributed by atoms with E-state index < -0.39 is 0 Å². The topological polar surface area (TPSA) is 47.6 Å². The molecule has 3 unspecified atom stereocenters. The van der Waals surface area contributed by atoms with Crippen molar-refractivity contribution in [2.24, 2.45) is 5.41 Å². The Morgan fingerprint density at radius 2 is 2.19 bits per heavy atom. The number of carbonyl (C=O) groups excluding carboxylic acids is 1. The van der Waals surface area contributed by atoms with E-state index in [4.69, 9.17) is 9.47 Å². The molecule has 0 saturated heterocycles. The predicted molar refractivity (Wildman–Crippen MR) is 83.6 cm³/mol. The Bertz CT molecular complexity index is 503. The van der Waals surface area contributed by atoms with Crippen LogP contribution in [0.5, 0.6) is 0 Å². The Kier molecular flexibility index (Phi) is 4.88. The maximum absolute atomic E-state index is 11.6. The largest absolute Gasteiger partial charge is 0.465 e. The molecule has 1 N–H and O–H groups in total. The molecular weight excluding hydrogens is 266 g/mol. The van der Waals surface area contributed by atoms with E-state index in [0.717, 1.165) is 25.1 Å². The number of anilines is 1. The highest BCUT2D eigenvalue weighted by Gasteiger charge is 2.51. The van der Waals surface area contributed by atoms with Crippen LogP contribution < -0.4 is 5.32 Å². The number of hydrogen-bond donors (Lipinski definition) is 1. The molecule has 0 radical (unpaired) electrons. The Hall–Kier alpha value is -1.55. The number of ether oxygens (including phenoxy) is 2. The molecule has 1 saturated carbocycles. The zero-order valence-electron chi connectivity index (χ0n) is 13.3. The molecule has 1 aliphatic rings. The van der Waals surface area contributed by atoms with Gasteiger partial charge in [0.25, 0.3) is 0 Å². The van der Waals surface area contributed by atoms with E-state index in [0.29, 0.717) is 17.7 Å². The number of esters is 1. The van der Waals surface area contributed by atoms with Crippen LogP contribution in [0.15, 0.2) is 24.3 Å². The van der Waals surface area contributed by atoms with Gasteiger partial charge in [-0.25, -0.2) is 4.79 Å². The Labute approximate surface area is 126 Å². The fourth-order valence-corrected chi connectivity index (χ4v) is 3.03. The summed E-state index contributed by atoms with van der Waals surface area (Å²) >= 11 is 0. The van der Waals surface area contributed by atoms with E-state index in [-0.39, 0.29) is 11.4 Å². The highest BCUT2D eigenvalue weighted by atomic mass is 16.5. The Balaban J connectivity index is 2.07. The monoisotopic (exact) mass is 291 g/mol. The van der Waals surface area contributed by atoms with Crippen molar-refractivity contribution in [1.82, 2.24) is 0 Å². The fraction of sp³-hybridized carbons (Fsp3) is 0.588. The zero-order chi connectivity index (χ0) is 15.5. The first kappa shape index (κ1) is 15.8. The predicted octanol–water partition coefficient (Wildman–Crippen LogP) is 3.48. The highest BCUT2D eigenvalue weighted by molar-refractivity contribution is 5.90. The van der Waals surface area contributed by atoms with Gasteiger partial charge < -0.3 is 14.8 Å². The van der Waals surface area contributed by atoms with Crippen molar-refractivity contribution in [3.63, 3.8) is 0 Å². The van der Waals surface area contributed by atoms with Crippen molar-refractivity contribution in [3.8, 4) is 0 Å². The van der Waals surface area contributed by atoms with Crippen LogP contribution in [0.25, 0.3) is 0 Å². The van der Waals surface area contributed by atoms with Gasteiger partial charge in [-0.15, -0.1) is 0 Å². The molecule has 1 aromatic rings. The van der Waals surface area contributed by atoms with Crippen LogP contribution >= 0.6 is 0 Å². The minimum absolute atomic E-state index is 0.136. The van der Waals surface area contributed by atoms with Crippen LogP contribution in [-0.2, 0) is 9.47 Å². The van der Waals surface area contributed by atoms with Crippen LogP contribution in [0.4, 0.5) is 5.69 Å². The average Bonchev–Trinajstić information content (AvgIpc) is 2.52. The third-order valence-electron chi connectivity index (χ3n) is 4.74. The van der Waals surface area contributed by atoms with Crippen molar-refractivity contribution in [2.45, 2.75) is 45.8 Å². The van der Waals surface area contributed by atoms with Gasteiger partial charge in [0.15, 0.2) is 0 Å². The Morgan fingerprint density at radius 1 is 1.43 bits per heavy atom. The van der Waals surface area contributed by atoms with Gasteiger partial charge in [-0.1, -0.05) is 19.9 Å². The van der Waals surface area contributed by atoms with Gasteiger partial charge in [-0.3, -0.25) is 0 Å². The van der Waals surface area contributed by atoms with E-state index in [1.807, 2.05) is 25.1 Å². The summed E-state index contributed by atoms with van der Waals surface area (Å²) in [7, 11) is 1.40. The first-order valence-corrected chi connectivity index (χ1v) is 7.61. The van der Waals surface area contributed by atoms with Gasteiger partial charge in [0.2, 0.25) is 0 Å². The summed E-state index contributed by atoms with van der Waals surface area (Å²) < 4.78 is 10.6. The third-order valence-corrected chi connectivity index (χ3v) is 4.74. The Morgan fingerprint density at radius 3 is 2.81 bits per heavy atom. The third kappa shape index (κ3) is 3.05. The smallest absolute Gasteiger partial charge is 0.337 e. The molecule has 4 nitrogen and oxygen atoms in total. The zero-order valence-corrected chi connectivity index (χ0v) is 13.3. The molecule has 0 aromatic heterocycles. The lowest BCUT2D eigenvalue weighted by molar-refractivity contribution is -0.109. The lowest BCUT2D eigenvalue weighted by Gasteiger charge is -2.54. The summed E-state index contributed by atoms with van der Waals surface area (Å²) in [6.07, 6.45) is 2.38. The van der Waals surface area contributed by atoms with Crippen molar-refractivity contribution < 1.29 is 14.3 Å². The molecule has 21 heavy (non-hydrogen) atoms. The molecule has 1 fully saturated rings. The summed E-state index contributed by atoms with van der Waals surface area (Å²) in [5.41, 5.74) is 1.66. The first-order valence-electron chi connectivity index (χ1n) is 7.61. The normalized spacial score (nSPS) is 27.8. The second-order valence-corrected chi connectivity index (χ2v) is 5.81. The SMILES string of the molecule is CCOC1CC(Nc2cccc(C(=O)OC)c2)C1(C)CC. The average molecular weight is 291 g/mol. The van der Waals surface area contributed by atoms with E-state index in [1.165, 1.54) is 7.11 Å². The van der Waals surface area contributed by atoms with E-state index in [9.17, 15) is 4.79 Å². The van der Waals surface area contributed by atoms with Crippen molar-refractivity contribution >= 4 is 11.7 Å². The van der Waals surface area contributed by atoms with Crippen molar-refractivity contribution in [2.75, 3.05) is 19.0 Å². The minimum atomic E-state index is -0.308. The number of carbonyl (C=O) groups is 1. The second kappa shape index (κ2) is 6.48. The lowest BCUT2D eigenvalue weighted by atomic mass is 9.61. The summed E-state index contributed by atoms with van der Waals surface area (Å²) in [5, 5.41) is 3.54. The van der Waals surface area contributed by atoms with Gasteiger partial charge in [0, 0.05) is 23.8 Å². The molecular formula is C17H25NO3. The molecule has 0 aliphatic heterocycles. The number of nitrogens with one attached hydrogen (secondary N) is 1. The lowest BCUT2D eigenvalue weighted by Crippen LogP contribution is -2.59. The van der Waals surface area contributed by atoms with E-state index >= 15 is 0 Å². The maximum Gasteiger partial charge on any atom is 0.337 e. The van der Waals surface area contributed by atoms with Crippen LogP contribution in [0.2, 0.25) is 0 Å². The van der Waals surface area contributed by atoms with Crippen LogP contribution in [0.3, 0.4) is 0 Å². The summed E-state index contributed by atoms with van der Waals surface area (Å²) in [6, 6.07) is 7.83. The molecule has 1 aromatic carbocycles. The molecule has 4 heteroatoms. The first-order chi connectivity index (χ1) is 10.0. The molecule has 2 rings (SSSR count).